The number of halogens is 4. The van der Waals surface area contributed by atoms with E-state index in [1.807, 2.05) is 106 Å². The molecule has 3 saturated heterocycles. The fourth-order valence-corrected chi connectivity index (χ4v) is 17.6. The maximum Gasteiger partial charge on any atom is 0.501 e. The van der Waals surface area contributed by atoms with Crippen LogP contribution >= 0.6 is 34.7 Å². The molecule has 10 rings (SSSR count). The van der Waals surface area contributed by atoms with Gasteiger partial charge >= 0.3 is 5.51 Å². The summed E-state index contributed by atoms with van der Waals surface area (Å²) in [6.07, 6.45) is 2.53. The van der Waals surface area contributed by atoms with Gasteiger partial charge in [-0.3, -0.25) is 29.0 Å². The molecule has 0 unspecified atom stereocenters. The van der Waals surface area contributed by atoms with Gasteiger partial charge in [0.2, 0.25) is 17.7 Å². The topological polar surface area (TPSA) is 243 Å². The molecule has 5 atom stereocenters. The highest BCUT2D eigenvalue weighted by Crippen LogP contribution is 2.44. The average Bonchev–Trinajstić information content (AvgIpc) is 1.23. The Bertz CT molecular complexity index is 4190. The van der Waals surface area contributed by atoms with Crippen molar-refractivity contribution in [1.29, 1.82) is 0 Å². The van der Waals surface area contributed by atoms with Crippen molar-refractivity contribution in [2.24, 2.45) is 10.8 Å². The van der Waals surface area contributed by atoms with Gasteiger partial charge in [0.15, 0.2) is 0 Å². The fraction of sp³-hybridized carbons (Fsp3) is 0.480. The lowest BCUT2D eigenvalue weighted by Crippen LogP contribution is -2.58. The van der Waals surface area contributed by atoms with E-state index in [0.29, 0.717) is 82.2 Å². The molecule has 1 aliphatic carbocycles. The van der Waals surface area contributed by atoms with Crippen molar-refractivity contribution in [3.8, 4) is 10.4 Å². The predicted octanol–water partition coefficient (Wildman–Crippen LogP) is 11.3. The highest BCUT2D eigenvalue weighted by Gasteiger charge is 2.49. The molecule has 3 aliphatic heterocycles. The quantitative estimate of drug-likeness (QED) is 0.0226. The van der Waals surface area contributed by atoms with Crippen LogP contribution in [0.25, 0.3) is 16.0 Å². The third-order valence-corrected chi connectivity index (χ3v) is 24.9. The van der Waals surface area contributed by atoms with Crippen molar-refractivity contribution < 1.29 is 59.0 Å². The number of sulfonamides is 1. The minimum Gasteiger partial charge on any atom is -0.391 e. The summed E-state index contributed by atoms with van der Waals surface area (Å²) in [7, 11) is -11.1. The second-order valence-corrected chi connectivity index (χ2v) is 34.9. The first-order valence-electron chi connectivity index (χ1n) is 34.9. The van der Waals surface area contributed by atoms with Crippen molar-refractivity contribution >= 4 is 95.1 Å². The molecule has 28 heteroatoms. The van der Waals surface area contributed by atoms with Crippen molar-refractivity contribution in [1.82, 2.24) is 39.9 Å². The molecule has 0 radical (unpaired) electrons. The summed E-state index contributed by atoms with van der Waals surface area (Å²) in [4.78, 5) is 69.6. The minimum atomic E-state index is -6.16. The zero-order valence-electron chi connectivity index (χ0n) is 59.3. The first kappa shape index (κ1) is 78.7. The molecule has 5 N–H and O–H groups in total. The van der Waals surface area contributed by atoms with Crippen molar-refractivity contribution in [2.75, 3.05) is 108 Å². The van der Waals surface area contributed by atoms with Gasteiger partial charge in [-0.1, -0.05) is 106 Å². The monoisotopic (exact) mass is 1510 g/mol. The number of hydrogen-bond donors (Lipinski definition) is 5. The Hall–Kier alpha value is -6.92. The van der Waals surface area contributed by atoms with Gasteiger partial charge in [-0.15, -0.1) is 23.1 Å². The highest BCUT2D eigenvalue weighted by atomic mass is 35.5. The van der Waals surface area contributed by atoms with Crippen molar-refractivity contribution in [3.63, 3.8) is 0 Å². The Balaban J connectivity index is 0.693. The van der Waals surface area contributed by atoms with Crippen molar-refractivity contribution in [2.45, 2.75) is 137 Å². The number of alkyl halides is 3. The Kier molecular flexibility index (Phi) is 26.0. The van der Waals surface area contributed by atoms with E-state index in [1.54, 1.807) is 29.0 Å². The molecule has 0 bridgehead atoms. The molecule has 103 heavy (non-hydrogen) atoms. The zero-order valence-corrected chi connectivity index (χ0v) is 63.3. The number of allylic oxidation sites excluding steroid dienone is 1. The standard InChI is InChI=1S/C75H94ClF3N10O10S4/c1-50(52-13-15-54(16-14-52)68-51(2)80-49-101-68)81-71(93)65-43-60(90)47-89(65)72(94)69(73(3,4)5)83-67(91)29-41-99-42-40-86-34-32-85(33-35-86)31-28-58(48-100-61-11-9-8-10-12-61)82-64-26-25-62(44-66(64)102(95,96)75(77,78)79)103(97,98)84-70(92)55-19-23-59(24-20-55)88-38-36-87(37-39-88)46-56-45-74(6,7)30-27-63(56)53-17-21-57(76)22-18-53/h8-26,44,49-50,58,60,65,69,82,90H,27-43,45-48H2,1-7H3,(H,81,93)(H,83,91)(H,84,92)/t50-,58+,60+,65-,69+/m0/s1. The van der Waals surface area contributed by atoms with Crippen LogP contribution in [0.2, 0.25) is 5.02 Å². The Morgan fingerprint density at radius 3 is 2.10 bits per heavy atom. The maximum absolute atomic E-state index is 14.6. The average molecular weight is 1520 g/mol. The number of nitrogens with zero attached hydrogens (tertiary/aromatic N) is 6. The molecule has 3 fully saturated rings. The second kappa shape index (κ2) is 34.1. The van der Waals surface area contributed by atoms with Crippen LogP contribution in [0, 0.1) is 17.8 Å². The van der Waals surface area contributed by atoms with Crippen LogP contribution in [0.5, 0.6) is 0 Å². The molecular formula is C75H94ClF3N10O10S4. The number of aliphatic hydroxyl groups excluding tert-OH is 1. The number of sulfone groups is 1. The first-order chi connectivity index (χ1) is 48.8. The lowest BCUT2D eigenvalue weighted by atomic mass is 9.73. The smallest absolute Gasteiger partial charge is 0.391 e. The lowest BCUT2D eigenvalue weighted by molar-refractivity contribution is -0.144. The number of piperazine rings is 2. The van der Waals surface area contributed by atoms with E-state index >= 15 is 0 Å². The number of β-amino-alcohol motifs (C(OH)–C–C–N with tert-alkyl or cyclic N) is 1. The van der Waals surface area contributed by atoms with Gasteiger partial charge in [0.25, 0.3) is 25.8 Å². The molecule has 556 valence electrons. The second-order valence-electron chi connectivity index (χ2n) is 29.0. The summed E-state index contributed by atoms with van der Waals surface area (Å²) in [5.41, 5.74) is 2.58. The van der Waals surface area contributed by atoms with E-state index in [0.717, 1.165) is 83.3 Å². The Morgan fingerprint density at radius 2 is 1.46 bits per heavy atom. The number of rotatable bonds is 28. The van der Waals surface area contributed by atoms with Crippen LogP contribution in [0.4, 0.5) is 24.5 Å². The highest BCUT2D eigenvalue weighted by molar-refractivity contribution is 7.99. The summed E-state index contributed by atoms with van der Waals surface area (Å²) in [6, 6.07) is 31.0. The number of thioether (sulfide) groups is 1. The number of aromatic nitrogens is 1. The SMILES string of the molecule is Cc1ncsc1-c1ccc([C@H](C)NC(=O)[C@@H]2C[C@@H](O)CN2C(=O)[C@@H](NC(=O)CCOCCN2CCN(CC[C@H](CSc3ccccc3)Nc3ccc(S(=O)(=O)NC(=O)c4ccc(N5CCN(CC6=C(c7ccc(Cl)cc7)CCC(C)(C)C6)CC5)cc4)cc3S(=O)(=O)C(F)(F)F)CC2)C(C)(C)C)cc1. The summed E-state index contributed by atoms with van der Waals surface area (Å²) in [5.74, 6) is -2.06. The predicted molar refractivity (Wildman–Crippen MR) is 399 cm³/mol. The molecule has 4 aliphatic rings. The van der Waals surface area contributed by atoms with Crippen LogP contribution in [-0.4, -0.2) is 197 Å². The number of anilines is 2. The Labute approximate surface area is 616 Å². The van der Waals surface area contributed by atoms with Gasteiger partial charge in [0.1, 0.15) is 17.0 Å². The number of nitrogens with one attached hydrogen (secondary N) is 4. The Morgan fingerprint density at radius 1 is 0.806 bits per heavy atom. The number of carbonyl (C=O) groups is 4. The van der Waals surface area contributed by atoms with E-state index in [-0.39, 0.29) is 37.0 Å². The van der Waals surface area contributed by atoms with Crippen LogP contribution in [-0.2, 0) is 39.0 Å². The number of carbonyl (C=O) groups excluding carboxylic acids is 4. The molecule has 0 spiro atoms. The van der Waals surface area contributed by atoms with Gasteiger partial charge in [-0.25, -0.2) is 26.5 Å². The first-order valence-corrected chi connectivity index (χ1v) is 40.1. The van der Waals surface area contributed by atoms with Gasteiger partial charge in [0.05, 0.1) is 52.0 Å². The van der Waals surface area contributed by atoms with Crippen LogP contribution in [0.1, 0.15) is 113 Å². The number of amides is 4. The van der Waals surface area contributed by atoms with Crippen LogP contribution in [0.15, 0.2) is 147 Å². The van der Waals surface area contributed by atoms with E-state index in [4.69, 9.17) is 16.3 Å². The van der Waals surface area contributed by atoms with Gasteiger partial charge in [-0.2, -0.15) is 13.2 Å². The minimum absolute atomic E-state index is 0.0335. The number of hydrogen-bond acceptors (Lipinski definition) is 18. The van der Waals surface area contributed by atoms with E-state index in [2.05, 4.69) is 66.5 Å². The molecule has 1 aromatic heterocycles. The number of thiazole rings is 1. The summed E-state index contributed by atoms with van der Waals surface area (Å²) in [5, 5.41) is 20.4. The number of ether oxygens (including phenoxy) is 1. The molecule has 20 nitrogen and oxygen atoms in total. The molecule has 5 aromatic carbocycles. The fourth-order valence-electron chi connectivity index (χ4n) is 13.6. The molecule has 4 heterocycles. The van der Waals surface area contributed by atoms with Crippen LogP contribution < -0.4 is 25.6 Å². The molecule has 6 aromatic rings. The molecule has 4 amide bonds. The largest absolute Gasteiger partial charge is 0.501 e. The summed E-state index contributed by atoms with van der Waals surface area (Å²) < 4.78 is 106. The lowest BCUT2D eigenvalue weighted by Gasteiger charge is -2.39. The number of aliphatic hydroxyl groups is 1. The van der Waals surface area contributed by atoms with E-state index in [9.17, 15) is 54.3 Å². The van der Waals surface area contributed by atoms with Crippen LogP contribution in [0.3, 0.4) is 0 Å². The summed E-state index contributed by atoms with van der Waals surface area (Å²) >= 11 is 9.19. The molecular weight excluding hydrogens is 1420 g/mol. The van der Waals surface area contributed by atoms with Crippen molar-refractivity contribution in [3.05, 3.63) is 160 Å². The number of likely N-dealkylation sites (tertiary alicyclic amines) is 1. The van der Waals surface area contributed by atoms with Gasteiger partial charge < -0.3 is 40.5 Å². The summed E-state index contributed by atoms with van der Waals surface area (Å²) in [6.45, 7) is 21.6. The maximum atomic E-state index is 14.6. The van der Waals surface area contributed by atoms with E-state index in [1.165, 1.54) is 45.5 Å². The normalized spacial score (nSPS) is 19.0. The molecule has 0 saturated carbocycles. The van der Waals surface area contributed by atoms with Gasteiger partial charge in [0, 0.05) is 124 Å². The number of aryl methyl sites for hydroxylation is 1. The third kappa shape index (κ3) is 20.8. The van der Waals surface area contributed by atoms with Gasteiger partial charge in [-0.05, 0) is 139 Å². The number of benzene rings is 5. The van der Waals surface area contributed by atoms with E-state index < -0.39 is 100 Å². The zero-order chi connectivity index (χ0) is 74.0. The third-order valence-electron chi connectivity index (χ3n) is 19.6.